The molecule has 0 radical (unpaired) electrons. The summed E-state index contributed by atoms with van der Waals surface area (Å²) in [6.45, 7) is 7.01. The highest BCUT2D eigenvalue weighted by Crippen LogP contribution is 2.41. The number of ether oxygens (including phenoxy) is 1. The Morgan fingerprint density at radius 3 is 2.43 bits per heavy atom. The average molecular weight is 497 g/mol. The molecule has 192 valence electrons. The molecule has 1 aromatic heterocycles. The molecule has 0 aliphatic carbocycles. The van der Waals surface area contributed by atoms with Gasteiger partial charge in [-0.15, -0.1) is 0 Å². The van der Waals surface area contributed by atoms with Gasteiger partial charge in [-0.25, -0.2) is 9.18 Å². The van der Waals surface area contributed by atoms with Gasteiger partial charge >= 0.3 is 12.3 Å². The van der Waals surface area contributed by atoms with Gasteiger partial charge in [-0.05, 0) is 65.1 Å². The Balaban J connectivity index is 1.49. The molecule has 1 amide bonds. The first kappa shape index (κ1) is 25.5. The standard InChI is InChI=1S/C25H32F4N4O2/c1-17(2)33-16-19(22(30-33)20-7-4-5-8-21(20)26)15-32-12-6-9-24(32)10-13-31(14-11-24)23(34)35-18(3)25(27,28)29/h4-5,7-8,16-18H,6,9-15H2,1-3H3. The van der Waals surface area contributed by atoms with E-state index in [9.17, 15) is 22.4 Å². The van der Waals surface area contributed by atoms with Gasteiger partial charge in [0.15, 0.2) is 6.10 Å². The van der Waals surface area contributed by atoms with Crippen molar-refractivity contribution in [2.45, 2.75) is 76.9 Å². The highest BCUT2D eigenvalue weighted by atomic mass is 19.4. The summed E-state index contributed by atoms with van der Waals surface area (Å²) in [6.07, 6.45) is -2.43. The van der Waals surface area contributed by atoms with E-state index in [0.29, 0.717) is 43.7 Å². The maximum absolute atomic E-state index is 14.6. The van der Waals surface area contributed by atoms with Gasteiger partial charge < -0.3 is 9.64 Å². The number of hydrogen-bond acceptors (Lipinski definition) is 4. The summed E-state index contributed by atoms with van der Waals surface area (Å²) in [4.78, 5) is 16.0. The Hall–Kier alpha value is -2.62. The fraction of sp³-hybridized carbons (Fsp3) is 0.600. The highest BCUT2D eigenvalue weighted by Gasteiger charge is 2.45. The lowest BCUT2D eigenvalue weighted by molar-refractivity contribution is -0.200. The first-order valence-corrected chi connectivity index (χ1v) is 12.1. The zero-order chi connectivity index (χ0) is 25.4. The minimum absolute atomic E-state index is 0.121. The second-order valence-electron chi connectivity index (χ2n) is 9.86. The van der Waals surface area contributed by atoms with Crippen LogP contribution in [0.1, 0.15) is 58.1 Å². The summed E-state index contributed by atoms with van der Waals surface area (Å²) in [7, 11) is 0. The highest BCUT2D eigenvalue weighted by molar-refractivity contribution is 5.68. The van der Waals surface area contributed by atoms with Crippen molar-refractivity contribution in [1.29, 1.82) is 0 Å². The molecule has 2 aliphatic rings. The maximum Gasteiger partial charge on any atom is 0.425 e. The molecule has 3 heterocycles. The molecule has 1 aromatic carbocycles. The minimum atomic E-state index is -4.58. The van der Waals surface area contributed by atoms with Crippen molar-refractivity contribution < 1.29 is 27.1 Å². The lowest BCUT2D eigenvalue weighted by atomic mass is 9.85. The quantitative estimate of drug-likeness (QED) is 0.492. The van der Waals surface area contributed by atoms with Gasteiger partial charge in [-0.2, -0.15) is 18.3 Å². The van der Waals surface area contributed by atoms with Crippen LogP contribution in [0.4, 0.5) is 22.4 Å². The number of piperidine rings is 1. The largest absolute Gasteiger partial charge is 0.437 e. The SMILES string of the molecule is CC(C)n1cc(CN2CCCC23CCN(C(=O)OC(C)C(F)(F)F)CC3)c(-c2ccccc2F)n1. The van der Waals surface area contributed by atoms with Crippen LogP contribution < -0.4 is 0 Å². The predicted octanol–water partition coefficient (Wildman–Crippen LogP) is 5.79. The lowest BCUT2D eigenvalue weighted by Crippen LogP contribution is -2.53. The van der Waals surface area contributed by atoms with Crippen molar-refractivity contribution in [2.75, 3.05) is 19.6 Å². The van der Waals surface area contributed by atoms with Crippen molar-refractivity contribution >= 4 is 6.09 Å². The molecule has 2 saturated heterocycles. The molecule has 1 spiro atoms. The van der Waals surface area contributed by atoms with Crippen molar-refractivity contribution in [3.63, 3.8) is 0 Å². The number of likely N-dealkylation sites (tertiary alicyclic amines) is 2. The van der Waals surface area contributed by atoms with Crippen LogP contribution in [0.5, 0.6) is 0 Å². The number of carbonyl (C=O) groups is 1. The number of alkyl halides is 3. The van der Waals surface area contributed by atoms with Crippen LogP contribution in [-0.4, -0.2) is 63.1 Å². The van der Waals surface area contributed by atoms with E-state index in [2.05, 4.69) is 14.7 Å². The molecule has 1 atom stereocenters. The second kappa shape index (κ2) is 9.79. The Labute approximate surface area is 202 Å². The topological polar surface area (TPSA) is 50.6 Å². The van der Waals surface area contributed by atoms with Crippen LogP contribution in [0.15, 0.2) is 30.5 Å². The van der Waals surface area contributed by atoms with Gasteiger partial charge in [0.1, 0.15) is 5.82 Å². The summed E-state index contributed by atoms with van der Waals surface area (Å²) in [5, 5.41) is 4.69. The number of carbonyl (C=O) groups excluding carboxylic acids is 1. The molecule has 2 aromatic rings. The fourth-order valence-electron chi connectivity index (χ4n) is 5.10. The number of rotatable bonds is 5. The number of halogens is 4. The summed E-state index contributed by atoms with van der Waals surface area (Å²) >= 11 is 0. The Morgan fingerprint density at radius 2 is 1.80 bits per heavy atom. The van der Waals surface area contributed by atoms with Crippen LogP contribution in [0.25, 0.3) is 11.3 Å². The van der Waals surface area contributed by atoms with E-state index in [0.717, 1.165) is 31.9 Å². The molecule has 2 fully saturated rings. The third-order valence-electron chi connectivity index (χ3n) is 7.26. The van der Waals surface area contributed by atoms with Gasteiger partial charge in [0.2, 0.25) is 0 Å². The molecule has 2 aliphatic heterocycles. The molecule has 0 N–H and O–H groups in total. The Kier molecular flexibility index (Phi) is 7.13. The number of hydrogen-bond donors (Lipinski definition) is 0. The van der Waals surface area contributed by atoms with Crippen LogP contribution >= 0.6 is 0 Å². The van der Waals surface area contributed by atoms with Crippen LogP contribution in [0, 0.1) is 5.82 Å². The summed E-state index contributed by atoms with van der Waals surface area (Å²) < 4.78 is 59.4. The van der Waals surface area contributed by atoms with Crippen molar-refractivity contribution in [2.24, 2.45) is 0 Å². The Bertz CT molecular complexity index is 1040. The molecule has 35 heavy (non-hydrogen) atoms. The average Bonchev–Trinajstić information content (AvgIpc) is 3.39. The third kappa shape index (κ3) is 5.32. The molecule has 0 saturated carbocycles. The smallest absolute Gasteiger partial charge is 0.425 e. The molecule has 0 bridgehead atoms. The molecular weight excluding hydrogens is 464 g/mol. The molecule has 10 heteroatoms. The van der Waals surface area contributed by atoms with E-state index in [1.165, 1.54) is 11.0 Å². The van der Waals surface area contributed by atoms with Crippen molar-refractivity contribution in [1.82, 2.24) is 19.6 Å². The maximum atomic E-state index is 14.6. The van der Waals surface area contributed by atoms with Gasteiger partial charge in [-0.1, -0.05) is 12.1 Å². The summed E-state index contributed by atoms with van der Waals surface area (Å²) in [6, 6.07) is 6.73. The van der Waals surface area contributed by atoms with Gasteiger partial charge in [0.05, 0.1) is 5.69 Å². The van der Waals surface area contributed by atoms with E-state index < -0.39 is 18.4 Å². The number of benzene rings is 1. The van der Waals surface area contributed by atoms with Crippen LogP contribution in [-0.2, 0) is 11.3 Å². The normalized spacial score (nSPS) is 19.5. The number of amides is 1. The molecule has 6 nitrogen and oxygen atoms in total. The first-order chi connectivity index (χ1) is 16.5. The second-order valence-corrected chi connectivity index (χ2v) is 9.86. The zero-order valence-electron chi connectivity index (χ0n) is 20.3. The van der Waals surface area contributed by atoms with Crippen LogP contribution in [0.3, 0.4) is 0 Å². The summed E-state index contributed by atoms with van der Waals surface area (Å²) in [5.41, 5.74) is 1.87. The molecular formula is C25H32F4N4O2. The van der Waals surface area contributed by atoms with Gasteiger partial charge in [-0.3, -0.25) is 9.58 Å². The van der Waals surface area contributed by atoms with E-state index in [1.807, 2.05) is 24.7 Å². The third-order valence-corrected chi connectivity index (χ3v) is 7.26. The predicted molar refractivity (Wildman–Crippen MR) is 123 cm³/mol. The molecule has 1 unspecified atom stereocenters. The Morgan fingerprint density at radius 1 is 1.11 bits per heavy atom. The van der Waals surface area contributed by atoms with Gasteiger partial charge in [0.25, 0.3) is 0 Å². The van der Waals surface area contributed by atoms with E-state index >= 15 is 0 Å². The van der Waals surface area contributed by atoms with Crippen LogP contribution in [0.2, 0.25) is 0 Å². The first-order valence-electron chi connectivity index (χ1n) is 12.1. The number of aromatic nitrogens is 2. The summed E-state index contributed by atoms with van der Waals surface area (Å²) in [5.74, 6) is -0.321. The van der Waals surface area contributed by atoms with Gasteiger partial charge in [0, 0.05) is 48.5 Å². The van der Waals surface area contributed by atoms with E-state index in [4.69, 9.17) is 0 Å². The van der Waals surface area contributed by atoms with Crippen molar-refractivity contribution in [3.8, 4) is 11.3 Å². The van der Waals surface area contributed by atoms with Crippen molar-refractivity contribution in [3.05, 3.63) is 41.8 Å². The zero-order valence-corrected chi connectivity index (χ0v) is 20.3. The van der Waals surface area contributed by atoms with E-state index in [-0.39, 0.29) is 17.4 Å². The number of nitrogens with zero attached hydrogens (tertiary/aromatic N) is 4. The molecule has 4 rings (SSSR count). The van der Waals surface area contributed by atoms with E-state index in [1.54, 1.807) is 18.2 Å². The fourth-order valence-corrected chi connectivity index (χ4v) is 5.10. The minimum Gasteiger partial charge on any atom is -0.437 e. The monoisotopic (exact) mass is 496 g/mol. The lowest BCUT2D eigenvalue weighted by Gasteiger charge is -2.45.